The maximum Gasteiger partial charge on any atom is 0.416 e. The first-order chi connectivity index (χ1) is 10.8. The molecule has 6 nitrogen and oxygen atoms in total. The van der Waals surface area contributed by atoms with Crippen LogP contribution in [0.2, 0.25) is 0 Å². The van der Waals surface area contributed by atoms with Gasteiger partial charge in [-0.1, -0.05) is 11.3 Å². The summed E-state index contributed by atoms with van der Waals surface area (Å²) in [7, 11) is 0. The summed E-state index contributed by atoms with van der Waals surface area (Å²) in [5.41, 5.74) is -1.13. The molecule has 2 rings (SSSR count). The van der Waals surface area contributed by atoms with Crippen molar-refractivity contribution in [3.05, 3.63) is 47.0 Å². The minimum absolute atomic E-state index is 0.248. The van der Waals surface area contributed by atoms with Crippen molar-refractivity contribution in [2.45, 2.75) is 25.9 Å². The average molecular weight is 332 g/mol. The van der Waals surface area contributed by atoms with E-state index in [-0.39, 0.29) is 24.4 Å². The van der Waals surface area contributed by atoms with E-state index in [0.29, 0.717) is 6.07 Å². The van der Waals surface area contributed by atoms with Gasteiger partial charge in [0.2, 0.25) is 5.91 Å². The number of nitrogens with zero attached hydrogens (tertiary/aromatic N) is 3. The van der Waals surface area contributed by atoms with E-state index in [4.69, 9.17) is 5.11 Å². The van der Waals surface area contributed by atoms with E-state index < -0.39 is 30.0 Å². The topological polar surface area (TPSA) is 80.0 Å². The Morgan fingerprint density at radius 3 is 2.70 bits per heavy atom. The fraction of sp³-hybridized carbons (Fsp3) is 0.308. The Kier molecular flexibility index (Phi) is 4.94. The third-order valence-corrected chi connectivity index (χ3v) is 2.91. The van der Waals surface area contributed by atoms with Crippen LogP contribution in [0.4, 0.5) is 17.6 Å². The number of halogens is 4. The van der Waals surface area contributed by atoms with E-state index in [0.717, 1.165) is 16.8 Å². The van der Waals surface area contributed by atoms with Gasteiger partial charge in [0.15, 0.2) is 0 Å². The van der Waals surface area contributed by atoms with Crippen LogP contribution in [0.25, 0.3) is 0 Å². The predicted molar refractivity (Wildman–Crippen MR) is 69.2 cm³/mol. The maximum absolute atomic E-state index is 13.0. The molecule has 1 amide bonds. The first kappa shape index (κ1) is 16.9. The fourth-order valence-electron chi connectivity index (χ4n) is 1.85. The third kappa shape index (κ3) is 4.49. The highest BCUT2D eigenvalue weighted by Gasteiger charge is 2.33. The number of rotatable bonds is 5. The summed E-state index contributed by atoms with van der Waals surface area (Å²) in [6.07, 6.45) is -3.39. The zero-order chi connectivity index (χ0) is 17.0. The second-order valence-corrected chi connectivity index (χ2v) is 4.64. The summed E-state index contributed by atoms with van der Waals surface area (Å²) in [5, 5.41) is 18.2. The summed E-state index contributed by atoms with van der Waals surface area (Å²) >= 11 is 0. The Balaban J connectivity index is 2.01. The molecular formula is C13H12F4N4O2. The largest absolute Gasteiger partial charge is 0.416 e. The molecule has 124 valence electrons. The number of benzene rings is 1. The van der Waals surface area contributed by atoms with E-state index >= 15 is 0 Å². The second-order valence-electron chi connectivity index (χ2n) is 4.64. The molecule has 1 heterocycles. The Hall–Kier alpha value is -2.49. The molecule has 0 spiro atoms. The van der Waals surface area contributed by atoms with Crippen molar-refractivity contribution in [2.75, 3.05) is 0 Å². The van der Waals surface area contributed by atoms with Crippen molar-refractivity contribution in [1.82, 2.24) is 20.3 Å². The number of carbonyl (C=O) groups is 1. The van der Waals surface area contributed by atoms with E-state index in [1.807, 2.05) is 0 Å². The minimum Gasteiger partial charge on any atom is -0.390 e. The van der Waals surface area contributed by atoms with Crippen LogP contribution in [0, 0.1) is 5.82 Å². The molecule has 23 heavy (non-hydrogen) atoms. The maximum atomic E-state index is 13.0. The van der Waals surface area contributed by atoms with Gasteiger partial charge in [-0.15, -0.1) is 5.10 Å². The van der Waals surface area contributed by atoms with Crippen molar-refractivity contribution in [2.24, 2.45) is 0 Å². The summed E-state index contributed by atoms with van der Waals surface area (Å²) in [5.74, 6) is -1.61. The number of aliphatic hydroxyl groups excluding tert-OH is 1. The molecule has 0 saturated carbocycles. The molecule has 0 radical (unpaired) electrons. The van der Waals surface area contributed by atoms with Gasteiger partial charge < -0.3 is 10.4 Å². The zero-order valence-corrected chi connectivity index (χ0v) is 11.6. The van der Waals surface area contributed by atoms with Gasteiger partial charge in [-0.2, -0.15) is 13.2 Å². The Bertz CT molecular complexity index is 700. The first-order valence-corrected chi connectivity index (χ1v) is 6.42. The van der Waals surface area contributed by atoms with Crippen molar-refractivity contribution in [3.8, 4) is 0 Å². The zero-order valence-electron chi connectivity index (χ0n) is 11.6. The molecule has 0 bridgehead atoms. The van der Waals surface area contributed by atoms with Gasteiger partial charge in [0.25, 0.3) is 0 Å². The number of hydrogen-bond donors (Lipinski definition) is 2. The van der Waals surface area contributed by atoms with Crippen LogP contribution in [0.3, 0.4) is 0 Å². The molecule has 0 aliphatic carbocycles. The van der Waals surface area contributed by atoms with Crippen LogP contribution in [-0.4, -0.2) is 26.0 Å². The van der Waals surface area contributed by atoms with Gasteiger partial charge in [-0.05, 0) is 17.7 Å². The van der Waals surface area contributed by atoms with Gasteiger partial charge in [-0.3, -0.25) is 4.79 Å². The lowest BCUT2D eigenvalue weighted by atomic mass is 10.1. The Labute approximate surface area is 127 Å². The second kappa shape index (κ2) is 6.73. The highest BCUT2D eigenvalue weighted by molar-refractivity contribution is 5.75. The Morgan fingerprint density at radius 2 is 2.09 bits per heavy atom. The molecule has 0 unspecified atom stereocenters. The number of alkyl halides is 3. The molecule has 0 saturated heterocycles. The molecule has 0 fully saturated rings. The summed E-state index contributed by atoms with van der Waals surface area (Å²) in [6.45, 7) is -1.02. The molecule has 2 N–H and O–H groups in total. The lowest BCUT2D eigenvalue weighted by molar-refractivity contribution is -0.138. The molecule has 0 aliphatic heterocycles. The minimum atomic E-state index is -4.72. The lowest BCUT2D eigenvalue weighted by Crippen LogP contribution is -2.28. The monoisotopic (exact) mass is 332 g/mol. The van der Waals surface area contributed by atoms with Crippen molar-refractivity contribution < 1.29 is 27.5 Å². The third-order valence-electron chi connectivity index (χ3n) is 2.91. The normalized spacial score (nSPS) is 11.5. The van der Waals surface area contributed by atoms with E-state index in [1.165, 1.54) is 6.20 Å². The first-order valence-electron chi connectivity index (χ1n) is 6.42. The van der Waals surface area contributed by atoms with Crippen LogP contribution in [-0.2, 0) is 30.7 Å². The molecule has 1 aromatic heterocycles. The van der Waals surface area contributed by atoms with Crippen LogP contribution in [0.15, 0.2) is 24.4 Å². The smallest absolute Gasteiger partial charge is 0.390 e. The highest BCUT2D eigenvalue weighted by atomic mass is 19.4. The fourth-order valence-corrected chi connectivity index (χ4v) is 1.85. The molecule has 1 aromatic carbocycles. The number of amides is 1. The van der Waals surface area contributed by atoms with Gasteiger partial charge in [0.05, 0.1) is 18.4 Å². The Morgan fingerprint density at radius 1 is 1.35 bits per heavy atom. The van der Waals surface area contributed by atoms with Crippen molar-refractivity contribution >= 4 is 5.91 Å². The lowest BCUT2D eigenvalue weighted by Gasteiger charge is -2.13. The van der Waals surface area contributed by atoms with Crippen LogP contribution in [0.5, 0.6) is 0 Å². The van der Waals surface area contributed by atoms with E-state index in [1.54, 1.807) is 0 Å². The summed E-state index contributed by atoms with van der Waals surface area (Å²) in [4.78, 5) is 11.7. The van der Waals surface area contributed by atoms with Crippen molar-refractivity contribution in [1.29, 1.82) is 0 Å². The van der Waals surface area contributed by atoms with Crippen LogP contribution in [0.1, 0.15) is 16.8 Å². The number of aliphatic hydroxyl groups is 1. The predicted octanol–water partition coefficient (Wildman–Crippen LogP) is 1.24. The highest BCUT2D eigenvalue weighted by Crippen LogP contribution is 2.32. The summed E-state index contributed by atoms with van der Waals surface area (Å²) < 4.78 is 52.6. The van der Waals surface area contributed by atoms with Crippen molar-refractivity contribution in [3.63, 3.8) is 0 Å². The van der Waals surface area contributed by atoms with Gasteiger partial charge in [0.1, 0.15) is 18.1 Å². The van der Waals surface area contributed by atoms with Crippen LogP contribution < -0.4 is 5.32 Å². The van der Waals surface area contributed by atoms with Gasteiger partial charge in [-0.25, -0.2) is 9.07 Å². The summed E-state index contributed by atoms with van der Waals surface area (Å²) in [6, 6.07) is 2.24. The molecule has 2 aromatic rings. The average Bonchev–Trinajstić information content (AvgIpc) is 2.92. The number of carbonyl (C=O) groups excluding carboxylic acids is 1. The quantitative estimate of drug-likeness (QED) is 0.808. The number of aromatic nitrogens is 3. The van der Waals surface area contributed by atoms with E-state index in [2.05, 4.69) is 15.6 Å². The van der Waals surface area contributed by atoms with Gasteiger partial charge >= 0.3 is 6.18 Å². The SMILES string of the molecule is O=C(Cn1cc(CO)nn1)NCc1ccc(F)cc1C(F)(F)F. The molecule has 10 heteroatoms. The van der Waals surface area contributed by atoms with Crippen LogP contribution >= 0.6 is 0 Å². The standard InChI is InChI=1S/C13H12F4N4O2/c14-9-2-1-8(11(3-9)13(15,16)17)4-18-12(23)6-21-5-10(7-22)19-20-21/h1-3,5,22H,4,6-7H2,(H,18,23). The number of nitrogens with one attached hydrogen (secondary N) is 1. The van der Waals surface area contributed by atoms with Gasteiger partial charge in [0, 0.05) is 6.54 Å². The number of hydrogen-bond acceptors (Lipinski definition) is 4. The molecular weight excluding hydrogens is 320 g/mol. The molecule has 0 atom stereocenters. The molecule has 0 aliphatic rings. The van der Waals surface area contributed by atoms with E-state index in [9.17, 15) is 22.4 Å².